The van der Waals surface area contributed by atoms with Gasteiger partial charge in [0.25, 0.3) is 5.91 Å². The minimum atomic E-state index is -0.178. The number of aromatic hydroxyl groups is 1. The zero-order valence-electron chi connectivity index (χ0n) is 11.3. The average Bonchev–Trinajstić information content (AvgIpc) is 2.41. The minimum Gasteiger partial charge on any atom is -0.507 e. The first-order valence-electron chi connectivity index (χ1n) is 6.44. The molecule has 5 nitrogen and oxygen atoms in total. The number of benzene rings is 1. The van der Waals surface area contributed by atoms with Crippen LogP contribution in [0.15, 0.2) is 18.2 Å². The number of nitrogens with zero attached hydrogens (tertiary/aromatic N) is 1. The molecule has 1 fully saturated rings. The Balaban J connectivity index is 2.16. The highest BCUT2D eigenvalue weighted by atomic mass is 16.5. The van der Waals surface area contributed by atoms with Crippen LogP contribution >= 0.6 is 0 Å². The molecule has 0 radical (unpaired) electrons. The predicted molar refractivity (Wildman–Crippen MR) is 72.3 cm³/mol. The van der Waals surface area contributed by atoms with Gasteiger partial charge in [0.2, 0.25) is 0 Å². The summed E-state index contributed by atoms with van der Waals surface area (Å²) in [5.41, 5.74) is 6.29. The van der Waals surface area contributed by atoms with Crippen LogP contribution in [0.25, 0.3) is 0 Å². The van der Waals surface area contributed by atoms with Gasteiger partial charge in [-0.05, 0) is 24.5 Å². The van der Waals surface area contributed by atoms with E-state index in [9.17, 15) is 9.90 Å². The Morgan fingerprint density at radius 2 is 2.26 bits per heavy atom. The van der Waals surface area contributed by atoms with Gasteiger partial charge in [0.15, 0.2) is 0 Å². The lowest BCUT2D eigenvalue weighted by Crippen LogP contribution is -2.49. The van der Waals surface area contributed by atoms with E-state index in [1.807, 2.05) is 0 Å². The third-order valence-electron chi connectivity index (χ3n) is 3.74. The Bertz CT molecular complexity index is 476. The SMILES string of the molecule is COc1ccc(C(=O)N2CCC(C)C(N)C2)c(O)c1. The summed E-state index contributed by atoms with van der Waals surface area (Å²) >= 11 is 0. The quantitative estimate of drug-likeness (QED) is 0.842. The first kappa shape index (κ1) is 13.7. The lowest BCUT2D eigenvalue weighted by molar-refractivity contribution is 0.0669. The van der Waals surface area contributed by atoms with Crippen molar-refractivity contribution in [3.05, 3.63) is 23.8 Å². The van der Waals surface area contributed by atoms with Gasteiger partial charge in [-0.2, -0.15) is 0 Å². The van der Waals surface area contributed by atoms with E-state index in [0.29, 0.717) is 30.3 Å². The lowest BCUT2D eigenvalue weighted by Gasteiger charge is -2.35. The van der Waals surface area contributed by atoms with E-state index in [1.165, 1.54) is 13.2 Å². The maximum atomic E-state index is 12.3. The number of methoxy groups -OCH3 is 1. The fourth-order valence-electron chi connectivity index (χ4n) is 2.27. The summed E-state index contributed by atoms with van der Waals surface area (Å²) in [4.78, 5) is 14.0. The molecule has 1 amide bonds. The molecule has 2 unspecified atom stereocenters. The molecule has 0 aromatic heterocycles. The van der Waals surface area contributed by atoms with E-state index in [0.717, 1.165) is 6.42 Å². The van der Waals surface area contributed by atoms with E-state index in [-0.39, 0.29) is 17.7 Å². The molecular formula is C14H20N2O3. The maximum absolute atomic E-state index is 12.3. The van der Waals surface area contributed by atoms with Gasteiger partial charge < -0.3 is 20.5 Å². The number of phenolic OH excluding ortho intramolecular Hbond substituents is 1. The molecule has 1 aromatic rings. The Kier molecular flexibility index (Phi) is 3.95. The van der Waals surface area contributed by atoms with E-state index >= 15 is 0 Å². The Labute approximate surface area is 113 Å². The van der Waals surface area contributed by atoms with Crippen LogP contribution in [0.4, 0.5) is 0 Å². The van der Waals surface area contributed by atoms with Gasteiger partial charge in [0.05, 0.1) is 12.7 Å². The van der Waals surface area contributed by atoms with E-state index in [1.54, 1.807) is 17.0 Å². The summed E-state index contributed by atoms with van der Waals surface area (Å²) < 4.78 is 5.00. The molecule has 2 rings (SSSR count). The Hall–Kier alpha value is -1.75. The monoisotopic (exact) mass is 264 g/mol. The number of rotatable bonds is 2. The number of hydrogen-bond donors (Lipinski definition) is 2. The second-order valence-corrected chi connectivity index (χ2v) is 5.06. The van der Waals surface area contributed by atoms with Crippen molar-refractivity contribution < 1.29 is 14.6 Å². The smallest absolute Gasteiger partial charge is 0.257 e. The number of carbonyl (C=O) groups excluding carboxylic acids is 1. The molecule has 104 valence electrons. The zero-order chi connectivity index (χ0) is 14.0. The van der Waals surface area contributed by atoms with Crippen molar-refractivity contribution in [3.8, 4) is 11.5 Å². The van der Waals surface area contributed by atoms with Gasteiger partial charge >= 0.3 is 0 Å². The second kappa shape index (κ2) is 5.48. The minimum absolute atomic E-state index is 0.00177. The molecule has 19 heavy (non-hydrogen) atoms. The van der Waals surface area contributed by atoms with Gasteiger partial charge in [-0.15, -0.1) is 0 Å². The number of hydrogen-bond acceptors (Lipinski definition) is 4. The second-order valence-electron chi connectivity index (χ2n) is 5.06. The van der Waals surface area contributed by atoms with Crippen LogP contribution in [-0.4, -0.2) is 42.2 Å². The largest absolute Gasteiger partial charge is 0.507 e. The number of likely N-dealkylation sites (tertiary alicyclic amines) is 1. The lowest BCUT2D eigenvalue weighted by atomic mass is 9.94. The first-order chi connectivity index (χ1) is 9.02. The first-order valence-corrected chi connectivity index (χ1v) is 6.44. The maximum Gasteiger partial charge on any atom is 0.257 e. The molecule has 3 N–H and O–H groups in total. The van der Waals surface area contributed by atoms with Gasteiger partial charge in [-0.1, -0.05) is 6.92 Å². The van der Waals surface area contributed by atoms with Crippen molar-refractivity contribution >= 4 is 5.91 Å². The van der Waals surface area contributed by atoms with Crippen LogP contribution in [0, 0.1) is 5.92 Å². The normalized spacial score (nSPS) is 23.2. The van der Waals surface area contributed by atoms with Gasteiger partial charge in [-0.25, -0.2) is 0 Å². The standard InChI is InChI=1S/C14H20N2O3/c1-9-5-6-16(8-12(9)15)14(18)11-4-3-10(19-2)7-13(11)17/h3-4,7,9,12,17H,5-6,8,15H2,1-2H3. The average molecular weight is 264 g/mol. The van der Waals surface area contributed by atoms with Crippen LogP contribution < -0.4 is 10.5 Å². The van der Waals surface area contributed by atoms with Gasteiger partial charge in [0.1, 0.15) is 11.5 Å². The fraction of sp³-hybridized carbons (Fsp3) is 0.500. The molecule has 5 heteroatoms. The van der Waals surface area contributed by atoms with Gasteiger partial charge in [0, 0.05) is 25.2 Å². The molecule has 1 aromatic carbocycles. The molecular weight excluding hydrogens is 244 g/mol. The molecule has 2 atom stereocenters. The number of carbonyl (C=O) groups is 1. The molecule has 1 aliphatic rings. The van der Waals surface area contributed by atoms with Gasteiger partial charge in [-0.3, -0.25) is 4.79 Å². The highest BCUT2D eigenvalue weighted by molar-refractivity contribution is 5.97. The molecule has 0 bridgehead atoms. The number of nitrogens with two attached hydrogens (primary N) is 1. The van der Waals surface area contributed by atoms with E-state index < -0.39 is 0 Å². The Morgan fingerprint density at radius 1 is 1.53 bits per heavy atom. The van der Waals surface area contributed by atoms with Crippen molar-refractivity contribution in [2.75, 3.05) is 20.2 Å². The number of piperidine rings is 1. The summed E-state index contributed by atoms with van der Waals surface area (Å²) in [5.74, 6) is 0.713. The van der Waals surface area contributed by atoms with Crippen molar-refractivity contribution in [2.24, 2.45) is 11.7 Å². The van der Waals surface area contributed by atoms with Crippen LogP contribution in [-0.2, 0) is 0 Å². The summed E-state index contributed by atoms with van der Waals surface area (Å²) in [5, 5.41) is 9.88. The summed E-state index contributed by atoms with van der Waals surface area (Å²) in [7, 11) is 1.52. The van der Waals surface area contributed by atoms with Crippen LogP contribution in [0.2, 0.25) is 0 Å². The van der Waals surface area contributed by atoms with Crippen LogP contribution in [0.3, 0.4) is 0 Å². The highest BCUT2D eigenvalue weighted by Crippen LogP contribution is 2.26. The molecule has 1 aliphatic heterocycles. The summed E-state index contributed by atoms with van der Waals surface area (Å²) in [6.07, 6.45) is 0.893. The van der Waals surface area contributed by atoms with E-state index in [4.69, 9.17) is 10.5 Å². The van der Waals surface area contributed by atoms with Crippen LogP contribution in [0.1, 0.15) is 23.7 Å². The number of ether oxygens (including phenoxy) is 1. The van der Waals surface area contributed by atoms with Crippen molar-refractivity contribution in [2.45, 2.75) is 19.4 Å². The van der Waals surface area contributed by atoms with Crippen molar-refractivity contribution in [1.82, 2.24) is 4.90 Å². The van der Waals surface area contributed by atoms with E-state index in [2.05, 4.69) is 6.92 Å². The summed E-state index contributed by atoms with van der Waals surface area (Å²) in [6, 6.07) is 4.69. The molecule has 1 heterocycles. The topological polar surface area (TPSA) is 75.8 Å². The zero-order valence-corrected chi connectivity index (χ0v) is 11.3. The van der Waals surface area contributed by atoms with Crippen LogP contribution in [0.5, 0.6) is 11.5 Å². The predicted octanol–water partition coefficient (Wildman–Crippen LogP) is 1.21. The van der Waals surface area contributed by atoms with Crippen molar-refractivity contribution in [3.63, 3.8) is 0 Å². The third kappa shape index (κ3) is 2.81. The number of phenols is 1. The third-order valence-corrected chi connectivity index (χ3v) is 3.74. The number of amides is 1. The molecule has 1 saturated heterocycles. The fourth-order valence-corrected chi connectivity index (χ4v) is 2.27. The van der Waals surface area contributed by atoms with Crippen molar-refractivity contribution in [1.29, 1.82) is 0 Å². The summed E-state index contributed by atoms with van der Waals surface area (Å²) in [6.45, 7) is 3.31. The molecule has 0 aliphatic carbocycles. The molecule has 0 saturated carbocycles. The molecule has 0 spiro atoms. The highest BCUT2D eigenvalue weighted by Gasteiger charge is 2.28. The Morgan fingerprint density at radius 3 is 2.84 bits per heavy atom.